The molecule has 0 N–H and O–H groups in total. The summed E-state index contributed by atoms with van der Waals surface area (Å²) in [6.45, 7) is 4.04. The number of hydrogen-bond donors (Lipinski definition) is 0. The Bertz CT molecular complexity index is 1140. The normalized spacial score (nSPS) is 16.3. The Hall–Kier alpha value is -3.31. The van der Waals surface area contributed by atoms with E-state index in [2.05, 4.69) is 4.98 Å². The van der Waals surface area contributed by atoms with E-state index in [-0.39, 0.29) is 5.52 Å². The number of imidazole rings is 1. The minimum atomic E-state index is -1.19. The largest absolute Gasteiger partial charge is 0.379 e. The minimum absolute atomic E-state index is 0.0425. The van der Waals surface area contributed by atoms with Crippen molar-refractivity contribution >= 4 is 11.0 Å². The van der Waals surface area contributed by atoms with Gasteiger partial charge in [0.05, 0.1) is 31.2 Å². The van der Waals surface area contributed by atoms with Crippen LogP contribution >= 0.6 is 0 Å². The lowest BCUT2D eigenvalue weighted by atomic mass is 10.2. The highest BCUT2D eigenvalue weighted by Crippen LogP contribution is 2.21. The summed E-state index contributed by atoms with van der Waals surface area (Å²) in [5.41, 5.74) is -1.19. The number of morpholine rings is 1. The number of benzene rings is 1. The van der Waals surface area contributed by atoms with Crippen molar-refractivity contribution in [3.8, 4) is 5.69 Å². The molecule has 11 heteroatoms. The van der Waals surface area contributed by atoms with Gasteiger partial charge in [0.2, 0.25) is 0 Å². The Kier molecular flexibility index (Phi) is 4.53. The Balaban J connectivity index is 1.99. The van der Waals surface area contributed by atoms with Gasteiger partial charge in [0.25, 0.3) is 0 Å². The van der Waals surface area contributed by atoms with Gasteiger partial charge < -0.3 is 9.30 Å². The maximum absolute atomic E-state index is 12.8. The van der Waals surface area contributed by atoms with Gasteiger partial charge in [-0.2, -0.15) is 0 Å². The topological polar surface area (TPSA) is 117 Å². The second kappa shape index (κ2) is 7.02. The molecular formula is C17H18N6O5. The quantitative estimate of drug-likeness (QED) is 0.358. The highest BCUT2D eigenvalue weighted by Gasteiger charge is 2.26. The first-order valence-corrected chi connectivity index (χ1v) is 8.75. The van der Waals surface area contributed by atoms with Gasteiger partial charge in [-0.15, -0.1) is 0 Å². The van der Waals surface area contributed by atoms with Gasteiger partial charge in [-0.3, -0.25) is 19.1 Å². The summed E-state index contributed by atoms with van der Waals surface area (Å²) in [5.74, 6) is 0. The van der Waals surface area contributed by atoms with Gasteiger partial charge in [-0.05, 0) is 29.8 Å². The van der Waals surface area contributed by atoms with Crippen molar-refractivity contribution in [1.29, 1.82) is 0 Å². The van der Waals surface area contributed by atoms with E-state index in [4.69, 9.17) is 4.74 Å². The van der Waals surface area contributed by atoms with Gasteiger partial charge in [0, 0.05) is 31.2 Å². The second-order valence-electron chi connectivity index (χ2n) is 6.45. The summed E-state index contributed by atoms with van der Waals surface area (Å²) in [5, 5.41) is 10.7. The van der Waals surface area contributed by atoms with E-state index in [1.54, 1.807) is 42.3 Å². The molecule has 3 aromatic rings. The molecule has 1 aliphatic heterocycles. The van der Waals surface area contributed by atoms with E-state index in [1.165, 1.54) is 10.6 Å². The van der Waals surface area contributed by atoms with E-state index in [0.29, 0.717) is 42.2 Å². The van der Waals surface area contributed by atoms with E-state index < -0.39 is 22.3 Å². The van der Waals surface area contributed by atoms with E-state index in [9.17, 15) is 19.7 Å². The van der Waals surface area contributed by atoms with Gasteiger partial charge in [-0.1, -0.05) is 0 Å². The van der Waals surface area contributed by atoms with Crippen molar-refractivity contribution < 1.29 is 9.77 Å². The molecule has 2 aromatic heterocycles. The molecule has 1 fully saturated rings. The third kappa shape index (κ3) is 2.90. The van der Waals surface area contributed by atoms with Crippen LogP contribution in [0.2, 0.25) is 0 Å². The monoisotopic (exact) mass is 386 g/mol. The minimum Gasteiger partial charge on any atom is -0.379 e. The highest BCUT2D eigenvalue weighted by atomic mass is 16.7. The van der Waals surface area contributed by atoms with Crippen molar-refractivity contribution in [2.75, 3.05) is 26.3 Å². The standard InChI is InChI=1S/C17H18N6O5/c1-12(19-6-8-28-9-7-19)21-14-3-2-13(20-5-4-18-11-20)10-15(14)22(23(26)27)17(25)16(21)24/h2-5,10-12H,6-9H2,1H3. The Morgan fingerprint density at radius 1 is 1.18 bits per heavy atom. The molecule has 0 radical (unpaired) electrons. The first kappa shape index (κ1) is 18.1. The summed E-state index contributed by atoms with van der Waals surface area (Å²) in [4.78, 5) is 42.8. The first-order valence-electron chi connectivity index (χ1n) is 8.75. The van der Waals surface area contributed by atoms with E-state index in [1.807, 2.05) is 4.90 Å². The lowest BCUT2D eigenvalue weighted by Gasteiger charge is -2.33. The highest BCUT2D eigenvalue weighted by molar-refractivity contribution is 5.77. The zero-order chi connectivity index (χ0) is 19.8. The molecule has 0 aliphatic carbocycles. The van der Waals surface area contributed by atoms with Crippen molar-refractivity contribution in [1.82, 2.24) is 23.7 Å². The number of aromatic nitrogens is 4. The van der Waals surface area contributed by atoms with Crippen LogP contribution in [0.4, 0.5) is 0 Å². The molecule has 3 heterocycles. The van der Waals surface area contributed by atoms with Gasteiger partial charge >= 0.3 is 11.1 Å². The molecular weight excluding hydrogens is 368 g/mol. The Morgan fingerprint density at radius 2 is 1.93 bits per heavy atom. The van der Waals surface area contributed by atoms with E-state index >= 15 is 0 Å². The average molecular weight is 386 g/mol. The van der Waals surface area contributed by atoms with Crippen LogP contribution in [0.25, 0.3) is 16.7 Å². The Morgan fingerprint density at radius 3 is 2.57 bits per heavy atom. The van der Waals surface area contributed by atoms with Crippen LogP contribution in [0.15, 0.2) is 46.5 Å². The van der Waals surface area contributed by atoms with Crippen LogP contribution in [0.3, 0.4) is 0 Å². The van der Waals surface area contributed by atoms with Crippen LogP contribution in [0.5, 0.6) is 0 Å². The number of rotatable bonds is 4. The summed E-state index contributed by atoms with van der Waals surface area (Å²) in [7, 11) is 0. The van der Waals surface area contributed by atoms with Crippen LogP contribution in [0.1, 0.15) is 13.1 Å². The smallest absolute Gasteiger partial charge is 0.377 e. The predicted molar refractivity (Wildman–Crippen MR) is 99.1 cm³/mol. The lowest BCUT2D eigenvalue weighted by molar-refractivity contribution is -0.540. The SMILES string of the molecule is CC(N1CCOCC1)n1c(=O)c(=O)n([N+](=O)[O-])c2cc(-n3ccnc3)ccc21. The first-order chi connectivity index (χ1) is 13.5. The molecule has 1 atom stereocenters. The molecule has 0 saturated carbocycles. The molecule has 4 rings (SSSR count). The number of nitro groups is 1. The van der Waals surface area contributed by atoms with Crippen LogP contribution in [-0.4, -0.2) is 55.0 Å². The van der Waals surface area contributed by atoms with E-state index in [0.717, 1.165) is 0 Å². The van der Waals surface area contributed by atoms with Crippen LogP contribution in [-0.2, 0) is 4.74 Å². The summed E-state index contributed by atoms with van der Waals surface area (Å²) in [6.07, 6.45) is 4.35. The van der Waals surface area contributed by atoms with Gasteiger partial charge in [0.1, 0.15) is 5.52 Å². The molecule has 146 valence electrons. The molecule has 1 saturated heterocycles. The zero-order valence-electron chi connectivity index (χ0n) is 15.1. The number of fused-ring (bicyclic) bond motifs is 1. The van der Waals surface area contributed by atoms with Crippen molar-refractivity contribution in [3.05, 3.63) is 67.7 Å². The predicted octanol–water partition coefficient (Wildman–Crippen LogP) is 0.239. The fraction of sp³-hybridized carbons (Fsp3) is 0.353. The zero-order valence-corrected chi connectivity index (χ0v) is 15.1. The molecule has 1 aliphatic rings. The van der Waals surface area contributed by atoms with Gasteiger partial charge in [-0.25, -0.2) is 15.1 Å². The van der Waals surface area contributed by atoms with Crippen LogP contribution in [0, 0.1) is 10.1 Å². The fourth-order valence-electron chi connectivity index (χ4n) is 3.52. The number of nitrogens with zero attached hydrogens (tertiary/aromatic N) is 6. The summed E-state index contributed by atoms with van der Waals surface area (Å²) in [6, 6.07) is 4.84. The molecule has 0 amide bonds. The average Bonchev–Trinajstić information content (AvgIpc) is 3.23. The van der Waals surface area contributed by atoms with Crippen LogP contribution < -0.4 is 11.1 Å². The number of ether oxygens (including phenoxy) is 1. The lowest BCUT2D eigenvalue weighted by Crippen LogP contribution is -2.49. The molecule has 28 heavy (non-hydrogen) atoms. The van der Waals surface area contributed by atoms with Crippen molar-refractivity contribution in [2.24, 2.45) is 0 Å². The molecule has 0 bridgehead atoms. The molecule has 1 unspecified atom stereocenters. The molecule has 1 aromatic carbocycles. The maximum Gasteiger partial charge on any atom is 0.377 e. The van der Waals surface area contributed by atoms with Crippen molar-refractivity contribution in [2.45, 2.75) is 13.1 Å². The van der Waals surface area contributed by atoms with Gasteiger partial charge in [0.15, 0.2) is 5.03 Å². The fourth-order valence-corrected chi connectivity index (χ4v) is 3.52. The number of hydrogen-bond acceptors (Lipinski definition) is 7. The Labute approximate surface area is 158 Å². The molecule has 0 spiro atoms. The second-order valence-corrected chi connectivity index (χ2v) is 6.45. The van der Waals surface area contributed by atoms with Crippen molar-refractivity contribution in [3.63, 3.8) is 0 Å². The third-order valence-corrected chi connectivity index (χ3v) is 4.95. The maximum atomic E-state index is 12.8. The summed E-state index contributed by atoms with van der Waals surface area (Å²) >= 11 is 0. The molecule has 11 nitrogen and oxygen atoms in total. The summed E-state index contributed by atoms with van der Waals surface area (Å²) < 4.78 is 8.63. The third-order valence-electron chi connectivity index (χ3n) is 4.95.